The molecule has 108 valence electrons. The lowest BCUT2D eigenvalue weighted by Gasteiger charge is -2.11. The number of nitrogens with zero attached hydrogens (tertiary/aromatic N) is 2. The first-order chi connectivity index (χ1) is 10.3. The zero-order valence-corrected chi connectivity index (χ0v) is 12.9. The first-order valence-electron chi connectivity index (χ1n) is 7.30. The van der Waals surface area contributed by atoms with Crippen LogP contribution < -0.4 is 5.43 Å². The van der Waals surface area contributed by atoms with Crippen LogP contribution in [0.3, 0.4) is 0 Å². The SMILES string of the molecule is Cc1sc(NN=C[C@@H]2CC=CCC2)nc1-c1ccccc1. The monoisotopic (exact) mass is 297 g/mol. The standard InChI is InChI=1S/C17H19N3S/c1-13-16(15-10-6-3-7-11-15)19-17(21-13)20-18-12-14-8-4-2-5-9-14/h2-4,6-7,10-12,14H,5,8-9H2,1H3,(H,19,20)/t14-/m1/s1. The Morgan fingerprint density at radius 3 is 2.90 bits per heavy atom. The van der Waals surface area contributed by atoms with Gasteiger partial charge in [0.1, 0.15) is 0 Å². The van der Waals surface area contributed by atoms with Crippen LogP contribution in [0.25, 0.3) is 11.3 Å². The molecule has 0 unspecified atom stereocenters. The zero-order chi connectivity index (χ0) is 14.5. The summed E-state index contributed by atoms with van der Waals surface area (Å²) in [6.07, 6.45) is 9.94. The minimum Gasteiger partial charge on any atom is -0.253 e. The molecule has 4 heteroatoms. The average Bonchev–Trinajstić information content (AvgIpc) is 2.90. The summed E-state index contributed by atoms with van der Waals surface area (Å²) in [6.45, 7) is 2.10. The van der Waals surface area contributed by atoms with Crippen LogP contribution in [0, 0.1) is 12.8 Å². The van der Waals surface area contributed by atoms with E-state index in [1.807, 2.05) is 24.4 Å². The van der Waals surface area contributed by atoms with E-state index in [0.29, 0.717) is 5.92 Å². The van der Waals surface area contributed by atoms with Crippen molar-refractivity contribution in [1.29, 1.82) is 0 Å². The molecule has 0 amide bonds. The van der Waals surface area contributed by atoms with Gasteiger partial charge < -0.3 is 0 Å². The lowest BCUT2D eigenvalue weighted by Crippen LogP contribution is -2.04. The van der Waals surface area contributed by atoms with Crippen LogP contribution in [0.1, 0.15) is 24.1 Å². The summed E-state index contributed by atoms with van der Waals surface area (Å²) >= 11 is 1.65. The molecule has 1 atom stereocenters. The number of hydrogen-bond acceptors (Lipinski definition) is 4. The Hall–Kier alpha value is -1.94. The van der Waals surface area contributed by atoms with Gasteiger partial charge in [-0.3, -0.25) is 5.43 Å². The normalized spacial score (nSPS) is 18.2. The number of benzene rings is 1. The van der Waals surface area contributed by atoms with Crippen molar-refractivity contribution < 1.29 is 0 Å². The summed E-state index contributed by atoms with van der Waals surface area (Å²) in [5.41, 5.74) is 5.27. The van der Waals surface area contributed by atoms with Crippen molar-refractivity contribution in [3.63, 3.8) is 0 Å². The molecule has 0 aliphatic heterocycles. The highest BCUT2D eigenvalue weighted by molar-refractivity contribution is 7.15. The van der Waals surface area contributed by atoms with Crippen LogP contribution >= 0.6 is 11.3 Å². The van der Waals surface area contributed by atoms with E-state index in [2.05, 4.69) is 46.7 Å². The molecule has 3 nitrogen and oxygen atoms in total. The predicted octanol–water partition coefficient (Wildman–Crippen LogP) is 4.87. The van der Waals surface area contributed by atoms with E-state index >= 15 is 0 Å². The fraction of sp³-hybridized carbons (Fsp3) is 0.294. The van der Waals surface area contributed by atoms with Crippen molar-refractivity contribution in [1.82, 2.24) is 4.98 Å². The summed E-state index contributed by atoms with van der Waals surface area (Å²) < 4.78 is 0. The second-order valence-electron chi connectivity index (χ2n) is 5.22. The molecule has 0 spiro atoms. The Morgan fingerprint density at radius 1 is 1.29 bits per heavy atom. The van der Waals surface area contributed by atoms with Gasteiger partial charge in [-0.25, -0.2) is 4.98 Å². The van der Waals surface area contributed by atoms with Crippen LogP contribution in [-0.4, -0.2) is 11.2 Å². The summed E-state index contributed by atoms with van der Waals surface area (Å²) in [5, 5.41) is 5.21. The van der Waals surface area contributed by atoms with Gasteiger partial charge in [-0.1, -0.05) is 42.5 Å². The predicted molar refractivity (Wildman–Crippen MR) is 90.9 cm³/mol. The summed E-state index contributed by atoms with van der Waals surface area (Å²) in [4.78, 5) is 5.85. The van der Waals surface area contributed by atoms with Crippen molar-refractivity contribution in [3.8, 4) is 11.3 Å². The number of aromatic nitrogens is 1. The van der Waals surface area contributed by atoms with E-state index in [0.717, 1.165) is 29.2 Å². The minimum atomic E-state index is 0.553. The van der Waals surface area contributed by atoms with Crippen LogP contribution in [0.5, 0.6) is 0 Å². The molecule has 0 bridgehead atoms. The maximum atomic E-state index is 4.64. The van der Waals surface area contributed by atoms with Crippen LogP contribution in [-0.2, 0) is 0 Å². The zero-order valence-electron chi connectivity index (χ0n) is 12.1. The maximum absolute atomic E-state index is 4.64. The highest BCUT2D eigenvalue weighted by Crippen LogP contribution is 2.30. The lowest BCUT2D eigenvalue weighted by molar-refractivity contribution is 0.627. The number of hydrazone groups is 1. The van der Waals surface area contributed by atoms with E-state index in [4.69, 9.17) is 0 Å². The topological polar surface area (TPSA) is 37.3 Å². The van der Waals surface area contributed by atoms with Gasteiger partial charge in [-0.15, -0.1) is 11.3 Å². The van der Waals surface area contributed by atoms with Crippen LogP contribution in [0.15, 0.2) is 47.6 Å². The number of aryl methyl sites for hydroxylation is 1. The van der Waals surface area contributed by atoms with Gasteiger partial charge in [-0.2, -0.15) is 5.10 Å². The van der Waals surface area contributed by atoms with Gasteiger partial charge in [0.2, 0.25) is 5.13 Å². The third-order valence-corrected chi connectivity index (χ3v) is 4.47. The fourth-order valence-corrected chi connectivity index (χ4v) is 3.24. The molecule has 3 rings (SSSR count). The highest BCUT2D eigenvalue weighted by Gasteiger charge is 2.09. The van der Waals surface area contributed by atoms with Crippen LogP contribution in [0.2, 0.25) is 0 Å². The van der Waals surface area contributed by atoms with Crippen molar-refractivity contribution in [3.05, 3.63) is 47.4 Å². The van der Waals surface area contributed by atoms with E-state index in [1.165, 1.54) is 11.3 Å². The molecular formula is C17H19N3S. The number of allylic oxidation sites excluding steroid dienone is 2. The van der Waals surface area contributed by atoms with Gasteiger partial charge >= 0.3 is 0 Å². The first kappa shape index (κ1) is 14.0. The largest absolute Gasteiger partial charge is 0.253 e. The first-order valence-corrected chi connectivity index (χ1v) is 8.11. The fourth-order valence-electron chi connectivity index (χ4n) is 2.46. The molecule has 21 heavy (non-hydrogen) atoms. The van der Waals surface area contributed by atoms with Gasteiger partial charge in [0.15, 0.2) is 0 Å². The molecule has 2 aromatic rings. The molecule has 0 radical (unpaired) electrons. The second kappa shape index (κ2) is 6.68. The van der Waals surface area contributed by atoms with Crippen molar-refractivity contribution in [2.24, 2.45) is 11.0 Å². The van der Waals surface area contributed by atoms with Gasteiger partial charge in [-0.05, 0) is 32.1 Å². The van der Waals surface area contributed by atoms with Crippen molar-refractivity contribution >= 4 is 22.7 Å². The Bertz CT molecular complexity index is 643. The highest BCUT2D eigenvalue weighted by atomic mass is 32.1. The lowest BCUT2D eigenvalue weighted by atomic mass is 9.96. The summed E-state index contributed by atoms with van der Waals surface area (Å²) in [5.74, 6) is 0.553. The van der Waals surface area contributed by atoms with Gasteiger partial charge in [0.25, 0.3) is 0 Å². The van der Waals surface area contributed by atoms with E-state index < -0.39 is 0 Å². The summed E-state index contributed by atoms with van der Waals surface area (Å²) in [6, 6.07) is 10.3. The molecule has 1 aliphatic carbocycles. The maximum Gasteiger partial charge on any atom is 0.204 e. The molecular weight excluding hydrogens is 278 g/mol. The van der Waals surface area contributed by atoms with Gasteiger partial charge in [0, 0.05) is 16.7 Å². The summed E-state index contributed by atoms with van der Waals surface area (Å²) in [7, 11) is 0. The number of rotatable bonds is 4. The Balaban J connectivity index is 1.67. The smallest absolute Gasteiger partial charge is 0.204 e. The molecule has 1 aromatic carbocycles. The number of thiazole rings is 1. The molecule has 0 saturated carbocycles. The van der Waals surface area contributed by atoms with E-state index in [9.17, 15) is 0 Å². The molecule has 0 fully saturated rings. The van der Waals surface area contributed by atoms with Crippen molar-refractivity contribution in [2.75, 3.05) is 5.43 Å². The van der Waals surface area contributed by atoms with Crippen molar-refractivity contribution in [2.45, 2.75) is 26.2 Å². The second-order valence-corrected chi connectivity index (χ2v) is 6.43. The Kier molecular flexibility index (Phi) is 4.46. The minimum absolute atomic E-state index is 0.553. The Labute approximate surface area is 129 Å². The van der Waals surface area contributed by atoms with Crippen LogP contribution in [0.4, 0.5) is 5.13 Å². The molecule has 0 saturated heterocycles. The van der Waals surface area contributed by atoms with E-state index in [-0.39, 0.29) is 0 Å². The Morgan fingerprint density at radius 2 is 2.14 bits per heavy atom. The molecule has 1 aromatic heterocycles. The third-order valence-electron chi connectivity index (χ3n) is 3.60. The third kappa shape index (κ3) is 3.58. The number of nitrogens with one attached hydrogen (secondary N) is 1. The molecule has 1 heterocycles. The number of anilines is 1. The average molecular weight is 297 g/mol. The number of hydrogen-bond donors (Lipinski definition) is 1. The molecule has 1 aliphatic rings. The van der Waals surface area contributed by atoms with Gasteiger partial charge in [0.05, 0.1) is 5.69 Å². The van der Waals surface area contributed by atoms with E-state index in [1.54, 1.807) is 11.3 Å². The molecule has 1 N–H and O–H groups in total. The quantitative estimate of drug-likeness (QED) is 0.496.